The van der Waals surface area contributed by atoms with E-state index in [1.165, 1.54) is 12.3 Å². The zero-order chi connectivity index (χ0) is 21.1. The molecule has 3 heterocycles. The standard InChI is InChI=1S/C21H18ClN5O3/c1-30-16-4-2-3-13(9-16)19(28)26-21-24-11-15-12-27(8-6-17(15)25-21)20(29)14-5-7-23-18(22)10-14/h2-5,7,9-12,21H,6,8H2,1H3,(H,26,28). The van der Waals surface area contributed by atoms with Crippen LogP contribution in [0.25, 0.3) is 0 Å². The van der Waals surface area contributed by atoms with Crippen LogP contribution < -0.4 is 10.1 Å². The lowest BCUT2D eigenvalue weighted by atomic mass is 10.0. The second kappa shape index (κ2) is 8.46. The number of amides is 2. The van der Waals surface area contributed by atoms with Gasteiger partial charge >= 0.3 is 0 Å². The lowest BCUT2D eigenvalue weighted by molar-refractivity contribution is 0.0822. The van der Waals surface area contributed by atoms with Crippen molar-refractivity contribution >= 4 is 35.3 Å². The Balaban J connectivity index is 1.45. The monoisotopic (exact) mass is 423 g/mol. The second-order valence-corrected chi connectivity index (χ2v) is 7.02. The van der Waals surface area contributed by atoms with Crippen molar-refractivity contribution in [2.75, 3.05) is 13.7 Å². The Bertz CT molecular complexity index is 1100. The highest BCUT2D eigenvalue weighted by Gasteiger charge is 2.25. The molecule has 1 aromatic carbocycles. The molecule has 1 N–H and O–H groups in total. The summed E-state index contributed by atoms with van der Waals surface area (Å²) in [5, 5.41) is 3.04. The van der Waals surface area contributed by atoms with Crippen molar-refractivity contribution < 1.29 is 14.3 Å². The van der Waals surface area contributed by atoms with Gasteiger partial charge in [-0.3, -0.25) is 9.59 Å². The number of rotatable bonds is 4. The Morgan fingerprint density at radius 3 is 2.90 bits per heavy atom. The SMILES string of the molecule is COc1cccc(C(=O)NC2N=CC3=CN(C(=O)c4ccnc(Cl)c4)CCC3=N2)c1. The highest BCUT2D eigenvalue weighted by atomic mass is 35.5. The van der Waals surface area contributed by atoms with Crippen LogP contribution in [0.1, 0.15) is 27.1 Å². The lowest BCUT2D eigenvalue weighted by Crippen LogP contribution is -2.38. The van der Waals surface area contributed by atoms with Crippen molar-refractivity contribution in [1.29, 1.82) is 0 Å². The molecule has 8 nitrogen and oxygen atoms in total. The van der Waals surface area contributed by atoms with Crippen LogP contribution in [0, 0.1) is 0 Å². The number of ether oxygens (including phenoxy) is 1. The van der Waals surface area contributed by atoms with Gasteiger partial charge in [0.05, 0.1) is 12.8 Å². The molecule has 0 aliphatic carbocycles. The number of aromatic nitrogens is 1. The number of aliphatic imine (C=N–C) groups is 2. The van der Waals surface area contributed by atoms with Gasteiger partial charge < -0.3 is 15.0 Å². The average molecular weight is 424 g/mol. The van der Waals surface area contributed by atoms with E-state index in [4.69, 9.17) is 16.3 Å². The third-order valence-electron chi connectivity index (χ3n) is 4.68. The lowest BCUT2D eigenvalue weighted by Gasteiger charge is -2.27. The number of allylic oxidation sites excluding steroid dienone is 1. The van der Waals surface area contributed by atoms with Gasteiger partial charge in [-0.2, -0.15) is 0 Å². The fourth-order valence-electron chi connectivity index (χ4n) is 3.15. The minimum absolute atomic E-state index is 0.173. The highest BCUT2D eigenvalue weighted by Crippen LogP contribution is 2.19. The molecule has 0 saturated carbocycles. The molecule has 1 unspecified atom stereocenters. The van der Waals surface area contributed by atoms with Gasteiger partial charge in [0.2, 0.25) is 6.29 Å². The quantitative estimate of drug-likeness (QED) is 0.764. The molecule has 2 amide bonds. The molecule has 1 aromatic heterocycles. The van der Waals surface area contributed by atoms with Crippen molar-refractivity contribution in [3.05, 3.63) is 70.6 Å². The first kappa shape index (κ1) is 19.8. The van der Waals surface area contributed by atoms with Crippen LogP contribution >= 0.6 is 11.6 Å². The van der Waals surface area contributed by atoms with Crippen molar-refractivity contribution in [2.24, 2.45) is 9.98 Å². The van der Waals surface area contributed by atoms with E-state index in [2.05, 4.69) is 20.3 Å². The third-order valence-corrected chi connectivity index (χ3v) is 4.88. The zero-order valence-electron chi connectivity index (χ0n) is 16.1. The summed E-state index contributed by atoms with van der Waals surface area (Å²) in [6.07, 6.45) is 4.67. The number of nitrogens with one attached hydrogen (secondary N) is 1. The number of pyridine rings is 1. The van der Waals surface area contributed by atoms with Crippen LogP contribution in [-0.2, 0) is 0 Å². The fourth-order valence-corrected chi connectivity index (χ4v) is 3.33. The summed E-state index contributed by atoms with van der Waals surface area (Å²) in [6, 6.07) is 10.0. The molecule has 1 atom stereocenters. The molecule has 0 spiro atoms. The second-order valence-electron chi connectivity index (χ2n) is 6.63. The van der Waals surface area contributed by atoms with Crippen molar-refractivity contribution in [2.45, 2.75) is 12.7 Å². The molecule has 2 aliphatic rings. The fraction of sp³-hybridized carbons (Fsp3) is 0.190. The Labute approximate surface area is 177 Å². The van der Waals surface area contributed by atoms with Crippen LogP contribution in [0.3, 0.4) is 0 Å². The Morgan fingerprint density at radius 1 is 1.23 bits per heavy atom. The number of methoxy groups -OCH3 is 1. The predicted molar refractivity (Wildman–Crippen MR) is 113 cm³/mol. The van der Waals surface area contributed by atoms with E-state index >= 15 is 0 Å². The maximum Gasteiger partial charge on any atom is 0.257 e. The predicted octanol–water partition coefficient (Wildman–Crippen LogP) is 2.71. The first-order chi connectivity index (χ1) is 14.5. The molecule has 0 bridgehead atoms. The summed E-state index contributed by atoms with van der Waals surface area (Å²) in [7, 11) is 1.54. The molecular formula is C21H18ClN5O3. The van der Waals surface area contributed by atoms with E-state index in [1.807, 2.05) is 0 Å². The topological polar surface area (TPSA) is 96.2 Å². The Kier molecular flexibility index (Phi) is 5.58. The maximum atomic E-state index is 12.7. The van der Waals surface area contributed by atoms with E-state index in [0.29, 0.717) is 29.8 Å². The summed E-state index contributed by atoms with van der Waals surface area (Å²) in [5.41, 5.74) is 2.45. The van der Waals surface area contributed by atoms with E-state index in [9.17, 15) is 9.59 Å². The molecule has 0 fully saturated rings. The molecule has 152 valence electrons. The van der Waals surface area contributed by atoms with Gasteiger partial charge in [-0.1, -0.05) is 17.7 Å². The molecule has 30 heavy (non-hydrogen) atoms. The highest BCUT2D eigenvalue weighted by molar-refractivity contribution is 6.29. The average Bonchev–Trinajstić information content (AvgIpc) is 2.78. The largest absolute Gasteiger partial charge is 0.497 e. The molecule has 2 aromatic rings. The van der Waals surface area contributed by atoms with E-state index in [-0.39, 0.29) is 17.0 Å². The molecule has 0 radical (unpaired) electrons. The molecule has 9 heteroatoms. The van der Waals surface area contributed by atoms with Crippen molar-refractivity contribution in [3.63, 3.8) is 0 Å². The first-order valence-electron chi connectivity index (χ1n) is 9.23. The smallest absolute Gasteiger partial charge is 0.257 e. The van der Waals surface area contributed by atoms with Gasteiger partial charge in [-0.25, -0.2) is 15.0 Å². The van der Waals surface area contributed by atoms with E-state index in [1.54, 1.807) is 54.8 Å². The van der Waals surface area contributed by atoms with Gasteiger partial charge in [-0.05, 0) is 30.3 Å². The van der Waals surface area contributed by atoms with Crippen molar-refractivity contribution in [3.8, 4) is 5.75 Å². The molecule has 2 aliphatic heterocycles. The number of hydrogen-bond donors (Lipinski definition) is 1. The summed E-state index contributed by atoms with van der Waals surface area (Å²) in [5.74, 6) is 0.126. The zero-order valence-corrected chi connectivity index (χ0v) is 16.8. The molecular weight excluding hydrogens is 406 g/mol. The normalized spacial score (nSPS) is 17.5. The number of carbonyl (C=O) groups is 2. The third kappa shape index (κ3) is 4.23. The van der Waals surface area contributed by atoms with E-state index in [0.717, 1.165) is 11.3 Å². The first-order valence-corrected chi connectivity index (χ1v) is 9.61. The van der Waals surface area contributed by atoms with E-state index < -0.39 is 6.29 Å². The van der Waals surface area contributed by atoms with Gasteiger partial charge in [0.15, 0.2) is 0 Å². The van der Waals surface area contributed by atoms with Crippen LogP contribution in [-0.4, -0.2) is 53.6 Å². The Morgan fingerprint density at radius 2 is 2.10 bits per heavy atom. The van der Waals surface area contributed by atoms with Gasteiger partial charge in [0.25, 0.3) is 11.8 Å². The maximum absolute atomic E-state index is 12.7. The summed E-state index contributed by atoms with van der Waals surface area (Å²) < 4.78 is 5.15. The number of halogens is 1. The minimum Gasteiger partial charge on any atom is -0.497 e. The number of hydrogen-bond acceptors (Lipinski definition) is 6. The van der Waals surface area contributed by atoms with Crippen molar-refractivity contribution in [1.82, 2.24) is 15.2 Å². The molecule has 0 saturated heterocycles. The number of benzene rings is 1. The van der Waals surface area contributed by atoms with Gasteiger partial charge in [0.1, 0.15) is 10.9 Å². The summed E-state index contributed by atoms with van der Waals surface area (Å²) >= 11 is 5.88. The van der Waals surface area contributed by atoms with Gasteiger partial charge in [-0.15, -0.1) is 0 Å². The van der Waals surface area contributed by atoms with Crippen LogP contribution in [0.2, 0.25) is 5.15 Å². The Hall–Kier alpha value is -3.52. The minimum atomic E-state index is -0.711. The van der Waals surface area contributed by atoms with Crippen LogP contribution in [0.5, 0.6) is 5.75 Å². The number of fused-ring (bicyclic) bond motifs is 1. The summed E-state index contributed by atoms with van der Waals surface area (Å²) in [6.45, 7) is 0.464. The molecule has 4 rings (SSSR count). The van der Waals surface area contributed by atoms with Crippen LogP contribution in [0.4, 0.5) is 0 Å². The van der Waals surface area contributed by atoms with Gasteiger partial charge in [0, 0.05) is 48.3 Å². The van der Waals surface area contributed by atoms with Crippen LogP contribution in [0.15, 0.2) is 64.4 Å². The number of carbonyl (C=O) groups excluding carboxylic acids is 2. The number of nitrogens with zero attached hydrogens (tertiary/aromatic N) is 4. The summed E-state index contributed by atoms with van der Waals surface area (Å²) in [4.78, 5) is 39.5.